The molecule has 0 unspecified atom stereocenters. The van der Waals surface area contributed by atoms with Crippen molar-refractivity contribution >= 4 is 18.0 Å². The van der Waals surface area contributed by atoms with Gasteiger partial charge in [0.1, 0.15) is 4.64 Å². The summed E-state index contributed by atoms with van der Waals surface area (Å²) in [5, 5.41) is 0. The van der Waals surface area contributed by atoms with Gasteiger partial charge in [0.2, 0.25) is 18.7 Å². The number of imidazole rings is 1. The summed E-state index contributed by atoms with van der Waals surface area (Å²) in [5.41, 5.74) is 3.26. The molecule has 0 saturated carbocycles. The summed E-state index contributed by atoms with van der Waals surface area (Å²) in [6.45, 7) is 2.34. The Morgan fingerprint density at radius 3 is 2.45 bits per heavy atom. The molecule has 0 amide bonds. The molecule has 3 aromatic rings. The first-order chi connectivity index (χ1) is 10.5. The molecule has 0 atom stereocenters. The molecule has 0 N–H and O–H groups in total. The third-order valence-corrected chi connectivity index (χ3v) is 3.56. The van der Waals surface area contributed by atoms with E-state index in [1.165, 1.54) is 16.0 Å². The van der Waals surface area contributed by atoms with Gasteiger partial charge >= 0.3 is 0 Å². The lowest BCUT2D eigenvalue weighted by Crippen LogP contribution is -2.06. The minimum Gasteiger partial charge on any atom is -0.270 e. The zero-order chi connectivity index (χ0) is 16.3. The van der Waals surface area contributed by atoms with E-state index in [1.807, 2.05) is 32.0 Å². The van der Waals surface area contributed by atoms with Crippen molar-refractivity contribution in [1.29, 1.82) is 0 Å². The van der Waals surface area contributed by atoms with Crippen molar-refractivity contribution in [2.24, 2.45) is 0 Å². The molecule has 7 heteroatoms. The molecule has 2 aromatic heterocycles. The van der Waals surface area contributed by atoms with Gasteiger partial charge in [-0.25, -0.2) is 13.8 Å². The van der Waals surface area contributed by atoms with E-state index in [1.54, 1.807) is 17.0 Å². The maximum absolute atomic E-state index is 13.8. The second kappa shape index (κ2) is 6.74. The van der Waals surface area contributed by atoms with Gasteiger partial charge in [-0.15, -0.1) is 0 Å². The van der Waals surface area contributed by atoms with Crippen molar-refractivity contribution in [2.45, 2.75) is 13.8 Å². The Morgan fingerprint density at radius 2 is 1.82 bits per heavy atom. The SMILES string of the molecule is Cc1ccc(-n2c(=S)cc(F)n3ccnc23)cc1C.FCF. The van der Waals surface area contributed by atoms with Crippen LogP contribution in [-0.2, 0) is 0 Å². The van der Waals surface area contributed by atoms with Crippen LogP contribution >= 0.6 is 12.2 Å². The fourth-order valence-corrected chi connectivity index (χ4v) is 2.35. The highest BCUT2D eigenvalue weighted by Gasteiger charge is 2.09. The smallest absolute Gasteiger partial charge is 0.229 e. The van der Waals surface area contributed by atoms with Crippen LogP contribution < -0.4 is 0 Å². The number of alkyl halides is 2. The first kappa shape index (κ1) is 16.2. The fraction of sp³-hybridized carbons (Fsp3) is 0.200. The highest BCUT2D eigenvalue weighted by molar-refractivity contribution is 7.71. The van der Waals surface area contributed by atoms with Gasteiger partial charge in [0.15, 0.2) is 0 Å². The minimum absolute atomic E-state index is 0.402. The molecule has 0 bridgehead atoms. The number of benzene rings is 1. The van der Waals surface area contributed by atoms with Crippen molar-refractivity contribution in [3.8, 4) is 5.69 Å². The number of rotatable bonds is 1. The molecule has 0 aliphatic rings. The van der Waals surface area contributed by atoms with Gasteiger partial charge in [-0.2, -0.15) is 4.39 Å². The summed E-state index contributed by atoms with van der Waals surface area (Å²) < 4.78 is 36.6. The van der Waals surface area contributed by atoms with Crippen LogP contribution in [0.4, 0.5) is 13.2 Å². The predicted octanol–water partition coefficient (Wildman–Crippen LogP) is 4.49. The lowest BCUT2D eigenvalue weighted by atomic mass is 10.1. The third-order valence-electron chi connectivity index (χ3n) is 3.26. The Hall–Kier alpha value is -2.15. The molecule has 116 valence electrons. The minimum atomic E-state index is -1.75. The summed E-state index contributed by atoms with van der Waals surface area (Å²) in [7, 11) is 0. The maximum Gasteiger partial charge on any atom is 0.229 e. The molecule has 0 saturated heterocycles. The topological polar surface area (TPSA) is 22.2 Å². The fourth-order valence-electron chi connectivity index (χ4n) is 2.07. The van der Waals surface area contributed by atoms with E-state index >= 15 is 0 Å². The Bertz CT molecular complexity index is 855. The molecule has 0 aliphatic heterocycles. The average molecular weight is 325 g/mol. The number of nitrogens with zero attached hydrogens (tertiary/aromatic N) is 3. The quantitative estimate of drug-likeness (QED) is 0.486. The van der Waals surface area contributed by atoms with Crippen molar-refractivity contribution in [3.05, 3.63) is 58.4 Å². The lowest BCUT2D eigenvalue weighted by Gasteiger charge is -2.11. The van der Waals surface area contributed by atoms with Crippen LogP contribution in [0, 0.1) is 24.4 Å². The number of hydrogen-bond donors (Lipinski definition) is 0. The van der Waals surface area contributed by atoms with Gasteiger partial charge in [0.05, 0.1) is 5.69 Å². The number of aryl methyl sites for hydroxylation is 2. The third kappa shape index (κ3) is 3.04. The average Bonchev–Trinajstić information content (AvgIpc) is 2.93. The second-order valence-electron chi connectivity index (χ2n) is 4.61. The van der Waals surface area contributed by atoms with E-state index in [-0.39, 0.29) is 0 Å². The monoisotopic (exact) mass is 325 g/mol. The van der Waals surface area contributed by atoms with E-state index < -0.39 is 12.9 Å². The standard InChI is InChI=1S/C14H12FN3S.CH2F2/c1-9-3-4-11(7-10(9)2)18-13(19)8-12(15)17-6-5-16-14(17)18;2-1-3/h3-8H,1-2H3;1H2. The van der Waals surface area contributed by atoms with Crippen LogP contribution in [0.3, 0.4) is 0 Å². The Labute approximate surface area is 130 Å². The molecular weight excluding hydrogens is 311 g/mol. The molecule has 0 aliphatic carbocycles. The van der Waals surface area contributed by atoms with E-state index in [0.29, 0.717) is 10.4 Å². The van der Waals surface area contributed by atoms with Gasteiger partial charge in [-0.1, -0.05) is 18.3 Å². The second-order valence-corrected chi connectivity index (χ2v) is 5.03. The first-order valence-electron chi connectivity index (χ1n) is 6.43. The van der Waals surface area contributed by atoms with Crippen LogP contribution in [0.1, 0.15) is 11.1 Å². The summed E-state index contributed by atoms with van der Waals surface area (Å²) in [6, 6.07) is 7.34. The van der Waals surface area contributed by atoms with Gasteiger partial charge in [-0.3, -0.25) is 8.97 Å². The van der Waals surface area contributed by atoms with Crippen molar-refractivity contribution < 1.29 is 13.2 Å². The van der Waals surface area contributed by atoms with Crippen molar-refractivity contribution in [2.75, 3.05) is 6.93 Å². The number of fused-ring (bicyclic) bond motifs is 1. The summed E-state index contributed by atoms with van der Waals surface area (Å²) in [6.07, 6.45) is 3.14. The Morgan fingerprint density at radius 1 is 1.14 bits per heavy atom. The van der Waals surface area contributed by atoms with Crippen molar-refractivity contribution in [1.82, 2.24) is 14.0 Å². The van der Waals surface area contributed by atoms with Crippen molar-refractivity contribution in [3.63, 3.8) is 0 Å². The molecular formula is C15H14F3N3S. The summed E-state index contributed by atoms with van der Waals surface area (Å²) in [5.74, 6) is 0.0748. The van der Waals surface area contributed by atoms with Crippen LogP contribution in [0.15, 0.2) is 36.7 Å². The normalized spacial score (nSPS) is 10.4. The van der Waals surface area contributed by atoms with Gasteiger partial charge in [0, 0.05) is 18.5 Å². The molecule has 0 fully saturated rings. The van der Waals surface area contributed by atoms with E-state index in [9.17, 15) is 13.2 Å². The van der Waals surface area contributed by atoms with Gasteiger partial charge in [-0.05, 0) is 37.1 Å². The van der Waals surface area contributed by atoms with E-state index in [2.05, 4.69) is 4.98 Å². The molecule has 2 heterocycles. The molecule has 0 radical (unpaired) electrons. The molecule has 3 nitrogen and oxygen atoms in total. The molecule has 3 rings (SSSR count). The highest BCUT2D eigenvalue weighted by Crippen LogP contribution is 2.18. The molecule has 0 spiro atoms. The van der Waals surface area contributed by atoms with Gasteiger partial charge in [0.25, 0.3) is 0 Å². The highest BCUT2D eigenvalue weighted by atomic mass is 32.1. The summed E-state index contributed by atoms with van der Waals surface area (Å²) >= 11 is 5.26. The number of aromatic nitrogens is 3. The van der Waals surface area contributed by atoms with E-state index in [0.717, 1.165) is 11.3 Å². The number of halogens is 3. The van der Waals surface area contributed by atoms with Crippen LogP contribution in [0.5, 0.6) is 0 Å². The molecule has 1 aromatic carbocycles. The Kier molecular flexibility index (Phi) is 4.97. The number of hydrogen-bond acceptors (Lipinski definition) is 2. The largest absolute Gasteiger partial charge is 0.270 e. The molecule has 22 heavy (non-hydrogen) atoms. The Balaban J connectivity index is 0.000000545. The van der Waals surface area contributed by atoms with Crippen LogP contribution in [-0.4, -0.2) is 20.9 Å². The first-order valence-corrected chi connectivity index (χ1v) is 6.84. The van der Waals surface area contributed by atoms with Crippen LogP contribution in [0.25, 0.3) is 11.5 Å². The zero-order valence-corrected chi connectivity index (χ0v) is 12.9. The predicted molar refractivity (Wildman–Crippen MR) is 81.9 cm³/mol. The lowest BCUT2D eigenvalue weighted by molar-refractivity contribution is 0.295. The van der Waals surface area contributed by atoms with E-state index in [4.69, 9.17) is 12.2 Å². The van der Waals surface area contributed by atoms with Gasteiger partial charge < -0.3 is 0 Å². The maximum atomic E-state index is 13.8. The summed E-state index contributed by atoms with van der Waals surface area (Å²) in [4.78, 5) is 4.19. The van der Waals surface area contributed by atoms with Crippen LogP contribution in [0.2, 0.25) is 0 Å². The zero-order valence-electron chi connectivity index (χ0n) is 12.1.